The molecule has 2 atom stereocenters. The molecule has 0 aromatic rings. The third kappa shape index (κ3) is 1.08. The van der Waals surface area contributed by atoms with E-state index >= 15 is 0 Å². The molecule has 1 saturated heterocycles. The van der Waals surface area contributed by atoms with Crippen LogP contribution in [0.3, 0.4) is 0 Å². The van der Waals surface area contributed by atoms with Gasteiger partial charge in [-0.2, -0.15) is 0 Å². The molecular formula is C6H8O4. The molecule has 0 spiro atoms. The maximum Gasteiger partial charge on any atom is 0.197 e. The predicted octanol–water partition coefficient (Wildman–Crippen LogP) is -1.10. The summed E-state index contributed by atoms with van der Waals surface area (Å²) in [5.41, 5.74) is 0. The Morgan fingerprint density at radius 2 is 2.20 bits per heavy atom. The molecule has 56 valence electrons. The first-order valence-electron chi connectivity index (χ1n) is 2.99. The van der Waals surface area contributed by atoms with Gasteiger partial charge in [-0.25, -0.2) is 0 Å². The van der Waals surface area contributed by atoms with Crippen molar-refractivity contribution in [3.63, 3.8) is 0 Å². The SMILES string of the molecule is CC1OCC(=O)C(O)C1=O. The van der Waals surface area contributed by atoms with E-state index in [1.165, 1.54) is 6.92 Å². The Bertz CT molecular complexity index is 175. The average molecular weight is 144 g/mol. The molecule has 2 unspecified atom stereocenters. The van der Waals surface area contributed by atoms with Crippen molar-refractivity contribution in [2.24, 2.45) is 0 Å². The van der Waals surface area contributed by atoms with Crippen LogP contribution in [-0.2, 0) is 14.3 Å². The zero-order chi connectivity index (χ0) is 7.72. The van der Waals surface area contributed by atoms with E-state index in [4.69, 9.17) is 9.84 Å². The molecule has 1 fully saturated rings. The van der Waals surface area contributed by atoms with E-state index in [-0.39, 0.29) is 6.61 Å². The Kier molecular flexibility index (Phi) is 1.82. The van der Waals surface area contributed by atoms with Crippen molar-refractivity contribution in [2.75, 3.05) is 6.61 Å². The van der Waals surface area contributed by atoms with Crippen molar-refractivity contribution in [2.45, 2.75) is 19.1 Å². The number of ketones is 2. The summed E-state index contributed by atoms with van der Waals surface area (Å²) in [6, 6.07) is 0. The molecule has 4 heteroatoms. The van der Waals surface area contributed by atoms with Crippen molar-refractivity contribution in [3.05, 3.63) is 0 Å². The number of aliphatic hydroxyl groups excluding tert-OH is 1. The number of hydrogen-bond donors (Lipinski definition) is 1. The van der Waals surface area contributed by atoms with Crippen LogP contribution in [0.1, 0.15) is 6.92 Å². The smallest absolute Gasteiger partial charge is 0.197 e. The highest BCUT2D eigenvalue weighted by atomic mass is 16.5. The lowest BCUT2D eigenvalue weighted by molar-refractivity contribution is -0.157. The molecule has 0 bridgehead atoms. The van der Waals surface area contributed by atoms with Crippen LogP contribution in [0.2, 0.25) is 0 Å². The summed E-state index contributed by atoms with van der Waals surface area (Å²) in [7, 11) is 0. The molecular weight excluding hydrogens is 136 g/mol. The molecule has 0 saturated carbocycles. The predicted molar refractivity (Wildman–Crippen MR) is 31.4 cm³/mol. The summed E-state index contributed by atoms with van der Waals surface area (Å²) in [4.78, 5) is 21.3. The second-order valence-corrected chi connectivity index (χ2v) is 2.22. The second-order valence-electron chi connectivity index (χ2n) is 2.22. The lowest BCUT2D eigenvalue weighted by atomic mass is 10.1. The lowest BCUT2D eigenvalue weighted by Gasteiger charge is -2.20. The van der Waals surface area contributed by atoms with E-state index in [1.54, 1.807) is 0 Å². The molecule has 0 radical (unpaired) electrons. The van der Waals surface area contributed by atoms with Gasteiger partial charge < -0.3 is 9.84 Å². The van der Waals surface area contributed by atoms with Crippen LogP contribution in [0, 0.1) is 0 Å². The quantitative estimate of drug-likeness (QED) is 0.438. The van der Waals surface area contributed by atoms with Crippen LogP contribution < -0.4 is 0 Å². The number of carbonyl (C=O) groups is 2. The normalized spacial score (nSPS) is 34.6. The highest BCUT2D eigenvalue weighted by Gasteiger charge is 2.33. The molecule has 1 aliphatic rings. The minimum atomic E-state index is -1.45. The third-order valence-electron chi connectivity index (χ3n) is 1.45. The Morgan fingerprint density at radius 3 is 2.70 bits per heavy atom. The number of Topliss-reactive ketones (excluding diaryl/α,β-unsaturated/α-hetero) is 2. The van der Waals surface area contributed by atoms with E-state index in [1.807, 2.05) is 0 Å². The Labute approximate surface area is 57.8 Å². The van der Waals surface area contributed by atoms with Gasteiger partial charge in [-0.05, 0) is 6.92 Å². The molecule has 1 rings (SSSR count). The zero-order valence-electron chi connectivity index (χ0n) is 5.53. The number of aliphatic hydroxyl groups is 1. The molecule has 10 heavy (non-hydrogen) atoms. The molecule has 1 aliphatic heterocycles. The van der Waals surface area contributed by atoms with Crippen LogP contribution in [0.5, 0.6) is 0 Å². The topological polar surface area (TPSA) is 63.6 Å². The van der Waals surface area contributed by atoms with E-state index in [9.17, 15) is 9.59 Å². The number of hydrogen-bond acceptors (Lipinski definition) is 4. The van der Waals surface area contributed by atoms with E-state index < -0.39 is 23.8 Å². The molecule has 0 aromatic heterocycles. The third-order valence-corrected chi connectivity index (χ3v) is 1.45. The van der Waals surface area contributed by atoms with Gasteiger partial charge in [0, 0.05) is 0 Å². The fraction of sp³-hybridized carbons (Fsp3) is 0.667. The summed E-state index contributed by atoms with van der Waals surface area (Å²) < 4.78 is 4.71. The first kappa shape index (κ1) is 7.37. The van der Waals surface area contributed by atoms with Crippen LogP contribution in [0.15, 0.2) is 0 Å². The van der Waals surface area contributed by atoms with Crippen LogP contribution in [0.25, 0.3) is 0 Å². The second kappa shape index (κ2) is 2.48. The number of carbonyl (C=O) groups excluding carboxylic acids is 2. The Balaban J connectivity index is 2.70. The fourth-order valence-electron chi connectivity index (χ4n) is 0.749. The van der Waals surface area contributed by atoms with Gasteiger partial charge in [0.1, 0.15) is 12.7 Å². The highest BCUT2D eigenvalue weighted by Crippen LogP contribution is 2.05. The van der Waals surface area contributed by atoms with E-state index in [2.05, 4.69) is 0 Å². The fourth-order valence-corrected chi connectivity index (χ4v) is 0.749. The maximum atomic E-state index is 10.7. The standard InChI is InChI=1S/C6H8O4/c1-3-5(8)6(9)4(7)2-10-3/h3,6,9H,2H2,1H3. The Hall–Kier alpha value is -0.740. The minimum Gasteiger partial charge on any atom is -0.377 e. The highest BCUT2D eigenvalue weighted by molar-refractivity contribution is 6.08. The van der Waals surface area contributed by atoms with Crippen molar-refractivity contribution in [3.8, 4) is 0 Å². The summed E-state index contributed by atoms with van der Waals surface area (Å²) in [6.07, 6.45) is -2.10. The summed E-state index contributed by atoms with van der Waals surface area (Å²) >= 11 is 0. The number of ether oxygens (including phenoxy) is 1. The largest absolute Gasteiger partial charge is 0.377 e. The van der Waals surface area contributed by atoms with Crippen molar-refractivity contribution < 1.29 is 19.4 Å². The number of rotatable bonds is 0. The molecule has 4 nitrogen and oxygen atoms in total. The maximum absolute atomic E-state index is 10.7. The van der Waals surface area contributed by atoms with E-state index in [0.717, 1.165) is 0 Å². The molecule has 1 N–H and O–H groups in total. The molecule has 1 heterocycles. The van der Waals surface area contributed by atoms with Gasteiger partial charge >= 0.3 is 0 Å². The monoisotopic (exact) mass is 144 g/mol. The minimum absolute atomic E-state index is 0.159. The molecule has 0 amide bonds. The van der Waals surface area contributed by atoms with Gasteiger partial charge in [0.25, 0.3) is 0 Å². The first-order chi connectivity index (χ1) is 4.63. The zero-order valence-corrected chi connectivity index (χ0v) is 5.53. The first-order valence-corrected chi connectivity index (χ1v) is 2.99. The van der Waals surface area contributed by atoms with Crippen molar-refractivity contribution in [1.82, 2.24) is 0 Å². The van der Waals surface area contributed by atoms with Crippen molar-refractivity contribution in [1.29, 1.82) is 0 Å². The average Bonchev–Trinajstić information content (AvgIpc) is 1.93. The van der Waals surface area contributed by atoms with Crippen LogP contribution in [0.4, 0.5) is 0 Å². The van der Waals surface area contributed by atoms with Crippen LogP contribution >= 0.6 is 0 Å². The van der Waals surface area contributed by atoms with Gasteiger partial charge in [-0.3, -0.25) is 9.59 Å². The molecule has 0 aliphatic carbocycles. The van der Waals surface area contributed by atoms with Gasteiger partial charge in [-0.15, -0.1) is 0 Å². The van der Waals surface area contributed by atoms with Crippen LogP contribution in [-0.4, -0.2) is 35.5 Å². The lowest BCUT2D eigenvalue weighted by Crippen LogP contribution is -2.45. The Morgan fingerprint density at radius 1 is 1.60 bits per heavy atom. The van der Waals surface area contributed by atoms with Gasteiger partial charge in [0.2, 0.25) is 0 Å². The summed E-state index contributed by atoms with van der Waals surface area (Å²) in [5.74, 6) is -1.10. The van der Waals surface area contributed by atoms with Gasteiger partial charge in [0.15, 0.2) is 17.7 Å². The van der Waals surface area contributed by atoms with Gasteiger partial charge in [0.05, 0.1) is 0 Å². The van der Waals surface area contributed by atoms with E-state index in [0.29, 0.717) is 0 Å². The summed E-state index contributed by atoms with van der Waals surface area (Å²) in [6.45, 7) is 1.35. The molecule has 0 aromatic carbocycles. The van der Waals surface area contributed by atoms with Crippen molar-refractivity contribution >= 4 is 11.6 Å². The summed E-state index contributed by atoms with van der Waals surface area (Å²) in [5, 5.41) is 8.84. The van der Waals surface area contributed by atoms with Gasteiger partial charge in [-0.1, -0.05) is 0 Å².